The summed E-state index contributed by atoms with van der Waals surface area (Å²) in [5.74, 6) is 0.322. The van der Waals surface area contributed by atoms with Gasteiger partial charge in [0, 0.05) is 49.3 Å². The van der Waals surface area contributed by atoms with Gasteiger partial charge in [-0.25, -0.2) is 4.39 Å². The Morgan fingerprint density at radius 3 is 2.66 bits per heavy atom. The van der Waals surface area contributed by atoms with Crippen molar-refractivity contribution in [2.24, 2.45) is 4.99 Å². The predicted molar refractivity (Wildman–Crippen MR) is 115 cm³/mol. The second kappa shape index (κ2) is 9.73. The van der Waals surface area contributed by atoms with Crippen LogP contribution in [0.2, 0.25) is 0 Å². The van der Waals surface area contributed by atoms with Crippen molar-refractivity contribution in [1.29, 1.82) is 0 Å². The van der Waals surface area contributed by atoms with Crippen LogP contribution in [0.3, 0.4) is 0 Å². The molecule has 0 aliphatic rings. The molecule has 7 heteroatoms. The lowest BCUT2D eigenvalue weighted by Crippen LogP contribution is -2.42. The number of fused-ring (bicyclic) bond motifs is 1. The van der Waals surface area contributed by atoms with E-state index in [0.717, 1.165) is 28.5 Å². The van der Waals surface area contributed by atoms with Crippen molar-refractivity contribution in [3.05, 3.63) is 71.2 Å². The van der Waals surface area contributed by atoms with Gasteiger partial charge in [0.1, 0.15) is 5.82 Å². The number of nitrogens with zero attached hydrogens (tertiary/aromatic N) is 1. The van der Waals surface area contributed by atoms with E-state index in [0.29, 0.717) is 31.2 Å². The summed E-state index contributed by atoms with van der Waals surface area (Å²) < 4.78 is 13.5. The standard InChI is InChI=1S/C22H26FN5O/c1-15-4-3-5-16(12-15)21(29)25-10-11-27-22(24-2)26-9-8-17-14-28-20-7-6-18(23)13-19(17)20/h3-7,12-14,28H,8-11H2,1-2H3,(H,25,29)(H2,24,26,27). The topological polar surface area (TPSA) is 81.3 Å². The number of hydrogen-bond acceptors (Lipinski definition) is 2. The fraction of sp³-hybridized carbons (Fsp3) is 0.273. The highest BCUT2D eigenvalue weighted by Crippen LogP contribution is 2.19. The van der Waals surface area contributed by atoms with E-state index in [1.54, 1.807) is 25.2 Å². The summed E-state index contributed by atoms with van der Waals surface area (Å²) in [6.45, 7) is 3.64. The van der Waals surface area contributed by atoms with Gasteiger partial charge in [-0.15, -0.1) is 0 Å². The van der Waals surface area contributed by atoms with Crippen molar-refractivity contribution in [3.63, 3.8) is 0 Å². The average molecular weight is 395 g/mol. The molecule has 0 aliphatic heterocycles. The number of aliphatic imine (C=N–C) groups is 1. The lowest BCUT2D eigenvalue weighted by atomic mass is 10.1. The number of carbonyl (C=O) groups is 1. The molecule has 0 saturated heterocycles. The van der Waals surface area contributed by atoms with Crippen molar-refractivity contribution in [2.45, 2.75) is 13.3 Å². The van der Waals surface area contributed by atoms with Gasteiger partial charge in [-0.05, 0) is 49.2 Å². The molecule has 0 saturated carbocycles. The van der Waals surface area contributed by atoms with Gasteiger partial charge in [0.2, 0.25) is 0 Å². The largest absolute Gasteiger partial charge is 0.361 e. The van der Waals surface area contributed by atoms with E-state index >= 15 is 0 Å². The minimum Gasteiger partial charge on any atom is -0.361 e. The van der Waals surface area contributed by atoms with Gasteiger partial charge in [0.25, 0.3) is 5.91 Å². The molecular weight excluding hydrogens is 369 g/mol. The van der Waals surface area contributed by atoms with Crippen LogP contribution in [0, 0.1) is 12.7 Å². The fourth-order valence-electron chi connectivity index (χ4n) is 3.14. The number of rotatable bonds is 7. The number of guanidine groups is 1. The molecule has 0 spiro atoms. The van der Waals surface area contributed by atoms with E-state index in [9.17, 15) is 9.18 Å². The summed E-state index contributed by atoms with van der Waals surface area (Å²) in [5, 5.41) is 10.2. The van der Waals surface area contributed by atoms with E-state index < -0.39 is 0 Å². The van der Waals surface area contributed by atoms with Gasteiger partial charge >= 0.3 is 0 Å². The Morgan fingerprint density at radius 2 is 1.86 bits per heavy atom. The van der Waals surface area contributed by atoms with Gasteiger partial charge < -0.3 is 20.9 Å². The third-order valence-corrected chi connectivity index (χ3v) is 4.62. The first-order chi connectivity index (χ1) is 14.1. The quantitative estimate of drug-likeness (QED) is 0.282. The first kappa shape index (κ1) is 20.4. The van der Waals surface area contributed by atoms with E-state index in [2.05, 4.69) is 25.9 Å². The zero-order chi connectivity index (χ0) is 20.6. The van der Waals surface area contributed by atoms with Gasteiger partial charge in [0.15, 0.2) is 5.96 Å². The Kier molecular flexibility index (Phi) is 6.84. The molecule has 0 atom stereocenters. The molecule has 1 aromatic heterocycles. The molecule has 0 unspecified atom stereocenters. The summed E-state index contributed by atoms with van der Waals surface area (Å²) in [4.78, 5) is 19.5. The Morgan fingerprint density at radius 1 is 1.07 bits per heavy atom. The molecule has 0 fully saturated rings. The van der Waals surface area contributed by atoms with Crippen LogP contribution in [0.5, 0.6) is 0 Å². The molecule has 3 aromatic rings. The first-order valence-corrected chi connectivity index (χ1v) is 9.61. The molecule has 152 valence electrons. The first-order valence-electron chi connectivity index (χ1n) is 9.61. The summed E-state index contributed by atoms with van der Waals surface area (Å²) in [7, 11) is 1.70. The van der Waals surface area contributed by atoms with Crippen LogP contribution in [-0.4, -0.2) is 43.5 Å². The van der Waals surface area contributed by atoms with Crippen molar-refractivity contribution in [1.82, 2.24) is 20.9 Å². The number of H-pyrrole nitrogens is 1. The number of nitrogens with one attached hydrogen (secondary N) is 4. The summed E-state index contributed by atoms with van der Waals surface area (Å²) in [5.41, 5.74) is 3.68. The molecule has 1 heterocycles. The number of carbonyl (C=O) groups excluding carboxylic acids is 1. The monoisotopic (exact) mass is 395 g/mol. The number of hydrogen-bond donors (Lipinski definition) is 4. The van der Waals surface area contributed by atoms with Crippen LogP contribution in [0.4, 0.5) is 4.39 Å². The van der Waals surface area contributed by atoms with Crippen LogP contribution in [-0.2, 0) is 6.42 Å². The van der Waals surface area contributed by atoms with Crippen molar-refractivity contribution in [3.8, 4) is 0 Å². The molecule has 1 amide bonds. The second-order valence-electron chi connectivity index (χ2n) is 6.80. The van der Waals surface area contributed by atoms with Crippen molar-refractivity contribution >= 4 is 22.8 Å². The van der Waals surface area contributed by atoms with Gasteiger partial charge in [-0.2, -0.15) is 0 Å². The van der Waals surface area contributed by atoms with Crippen LogP contribution in [0.25, 0.3) is 10.9 Å². The maximum absolute atomic E-state index is 13.5. The Hall–Kier alpha value is -3.35. The number of amides is 1. The Bertz CT molecular complexity index is 1010. The number of aromatic nitrogens is 1. The predicted octanol–water partition coefficient (Wildman–Crippen LogP) is 2.75. The smallest absolute Gasteiger partial charge is 0.251 e. The fourth-order valence-corrected chi connectivity index (χ4v) is 3.14. The minimum atomic E-state index is -0.239. The summed E-state index contributed by atoms with van der Waals surface area (Å²) in [6.07, 6.45) is 2.64. The maximum atomic E-state index is 13.5. The van der Waals surface area contributed by atoms with E-state index in [4.69, 9.17) is 0 Å². The Labute approximate surface area is 169 Å². The number of benzene rings is 2. The SMILES string of the molecule is CN=C(NCCNC(=O)c1cccc(C)c1)NCCc1c[nH]c2ccc(F)cc12. The lowest BCUT2D eigenvalue weighted by Gasteiger charge is -2.12. The molecule has 2 aromatic carbocycles. The number of aryl methyl sites for hydroxylation is 1. The van der Waals surface area contributed by atoms with E-state index in [1.807, 2.05) is 31.3 Å². The molecule has 0 aliphatic carbocycles. The lowest BCUT2D eigenvalue weighted by molar-refractivity contribution is 0.0954. The summed E-state index contributed by atoms with van der Waals surface area (Å²) in [6, 6.07) is 12.2. The zero-order valence-electron chi connectivity index (χ0n) is 16.7. The molecule has 0 bridgehead atoms. The highest BCUT2D eigenvalue weighted by atomic mass is 19.1. The van der Waals surface area contributed by atoms with Crippen LogP contribution in [0.1, 0.15) is 21.5 Å². The number of aromatic amines is 1. The van der Waals surface area contributed by atoms with Gasteiger partial charge in [-0.3, -0.25) is 9.79 Å². The second-order valence-corrected chi connectivity index (χ2v) is 6.80. The Balaban J connectivity index is 1.40. The molecule has 3 rings (SSSR count). The van der Waals surface area contributed by atoms with Crippen molar-refractivity contribution < 1.29 is 9.18 Å². The zero-order valence-corrected chi connectivity index (χ0v) is 16.7. The average Bonchev–Trinajstić information content (AvgIpc) is 3.11. The summed E-state index contributed by atoms with van der Waals surface area (Å²) >= 11 is 0. The van der Waals surface area contributed by atoms with E-state index in [1.165, 1.54) is 6.07 Å². The third-order valence-electron chi connectivity index (χ3n) is 4.62. The highest BCUT2D eigenvalue weighted by Gasteiger charge is 2.06. The van der Waals surface area contributed by atoms with Gasteiger partial charge in [-0.1, -0.05) is 17.7 Å². The molecular formula is C22H26FN5O. The van der Waals surface area contributed by atoms with Crippen LogP contribution >= 0.6 is 0 Å². The molecule has 4 N–H and O–H groups in total. The normalized spacial score (nSPS) is 11.5. The van der Waals surface area contributed by atoms with Crippen LogP contribution < -0.4 is 16.0 Å². The molecule has 29 heavy (non-hydrogen) atoms. The molecule has 0 radical (unpaired) electrons. The van der Waals surface area contributed by atoms with E-state index in [-0.39, 0.29) is 11.7 Å². The number of halogens is 1. The molecule has 6 nitrogen and oxygen atoms in total. The maximum Gasteiger partial charge on any atom is 0.251 e. The minimum absolute atomic E-state index is 0.0926. The van der Waals surface area contributed by atoms with Crippen molar-refractivity contribution in [2.75, 3.05) is 26.7 Å². The highest BCUT2D eigenvalue weighted by molar-refractivity contribution is 5.94. The van der Waals surface area contributed by atoms with Gasteiger partial charge in [0.05, 0.1) is 0 Å². The third kappa shape index (κ3) is 5.57. The van der Waals surface area contributed by atoms with Crippen LogP contribution in [0.15, 0.2) is 53.7 Å².